The van der Waals surface area contributed by atoms with Gasteiger partial charge >= 0.3 is 0 Å². The van der Waals surface area contributed by atoms with Crippen LogP contribution >= 0.6 is 24.0 Å². The van der Waals surface area contributed by atoms with Gasteiger partial charge in [0.25, 0.3) is 5.91 Å². The molecule has 7 heteroatoms. The van der Waals surface area contributed by atoms with Gasteiger partial charge in [-0.05, 0) is 56.0 Å². The molecule has 4 rings (SSSR count). The standard InChI is InChI=1S/C20H25ClN4O.ClH/c1-13(2)19-18(12-23-25(19)16-5-3-14(21)4-6-16)20(26)24-15-7-8-17(24)11-22-10-9-15;/h3-6,12-13,15,17,22H,7-11H2,1-2H3;1H. The second-order valence-corrected chi connectivity index (χ2v) is 8.01. The first-order valence-corrected chi connectivity index (χ1v) is 9.81. The largest absolute Gasteiger partial charge is 0.331 e. The zero-order valence-corrected chi connectivity index (χ0v) is 17.3. The van der Waals surface area contributed by atoms with Gasteiger partial charge in [0, 0.05) is 23.7 Å². The first kappa shape index (κ1) is 20.2. The Morgan fingerprint density at radius 1 is 1.19 bits per heavy atom. The van der Waals surface area contributed by atoms with Gasteiger partial charge in [0.05, 0.1) is 23.1 Å². The van der Waals surface area contributed by atoms with E-state index in [1.54, 1.807) is 6.20 Å². The van der Waals surface area contributed by atoms with Gasteiger partial charge in [0.15, 0.2) is 0 Å². The molecule has 0 radical (unpaired) electrons. The third kappa shape index (κ3) is 3.73. The summed E-state index contributed by atoms with van der Waals surface area (Å²) in [5.74, 6) is 0.319. The molecule has 2 aliphatic heterocycles. The van der Waals surface area contributed by atoms with Crippen molar-refractivity contribution < 1.29 is 4.79 Å². The SMILES string of the molecule is CC(C)c1c(C(=O)N2C3CCNCC2CC3)cnn1-c1ccc(Cl)cc1.Cl. The molecule has 2 aliphatic rings. The quantitative estimate of drug-likeness (QED) is 0.833. The molecule has 1 aromatic carbocycles. The van der Waals surface area contributed by atoms with E-state index >= 15 is 0 Å². The van der Waals surface area contributed by atoms with E-state index in [1.165, 1.54) is 0 Å². The molecular weight excluding hydrogens is 383 g/mol. The lowest BCUT2D eigenvalue weighted by Crippen LogP contribution is -2.42. The summed E-state index contributed by atoms with van der Waals surface area (Å²) in [6, 6.07) is 8.23. The van der Waals surface area contributed by atoms with Crippen molar-refractivity contribution in [3.63, 3.8) is 0 Å². The summed E-state index contributed by atoms with van der Waals surface area (Å²) >= 11 is 6.02. The maximum atomic E-state index is 13.5. The van der Waals surface area contributed by atoms with Gasteiger partial charge in [-0.3, -0.25) is 4.79 Å². The van der Waals surface area contributed by atoms with Crippen LogP contribution < -0.4 is 5.32 Å². The summed E-state index contributed by atoms with van der Waals surface area (Å²) in [6.45, 7) is 6.11. The lowest BCUT2D eigenvalue weighted by Gasteiger charge is -2.28. The van der Waals surface area contributed by atoms with Gasteiger partial charge in [-0.1, -0.05) is 25.4 Å². The van der Waals surface area contributed by atoms with Crippen LogP contribution in [0.4, 0.5) is 0 Å². The predicted molar refractivity (Wildman–Crippen MR) is 110 cm³/mol. The number of hydrogen-bond donors (Lipinski definition) is 1. The average Bonchev–Trinajstić information content (AvgIpc) is 3.15. The minimum Gasteiger partial charge on any atom is -0.331 e. The van der Waals surface area contributed by atoms with Crippen molar-refractivity contribution in [2.75, 3.05) is 13.1 Å². The van der Waals surface area contributed by atoms with Crippen LogP contribution in [0.3, 0.4) is 0 Å². The van der Waals surface area contributed by atoms with Crippen LogP contribution in [0.15, 0.2) is 30.5 Å². The van der Waals surface area contributed by atoms with Crippen molar-refractivity contribution in [2.45, 2.75) is 51.1 Å². The van der Waals surface area contributed by atoms with Crippen LogP contribution in [0.5, 0.6) is 0 Å². The highest BCUT2D eigenvalue weighted by atomic mass is 35.5. The number of carbonyl (C=O) groups excluding carboxylic acids is 1. The number of carbonyl (C=O) groups is 1. The Morgan fingerprint density at radius 3 is 2.59 bits per heavy atom. The van der Waals surface area contributed by atoms with E-state index in [-0.39, 0.29) is 24.2 Å². The molecule has 2 bridgehead atoms. The number of aromatic nitrogens is 2. The van der Waals surface area contributed by atoms with E-state index in [0.717, 1.165) is 49.3 Å². The summed E-state index contributed by atoms with van der Waals surface area (Å²) in [4.78, 5) is 15.6. The first-order valence-electron chi connectivity index (χ1n) is 9.43. The monoisotopic (exact) mass is 408 g/mol. The number of hydrogen-bond acceptors (Lipinski definition) is 3. The Kier molecular flexibility index (Phi) is 6.14. The molecule has 0 saturated carbocycles. The predicted octanol–water partition coefficient (Wildman–Crippen LogP) is 4.04. The Labute approximate surface area is 171 Å². The molecule has 1 aromatic heterocycles. The Balaban J connectivity index is 0.00000210. The molecule has 27 heavy (non-hydrogen) atoms. The third-order valence-corrected chi connectivity index (χ3v) is 5.80. The number of amides is 1. The molecule has 146 valence electrons. The fourth-order valence-electron chi connectivity index (χ4n) is 4.32. The molecule has 3 heterocycles. The van der Waals surface area contributed by atoms with Gasteiger partial charge < -0.3 is 10.2 Å². The van der Waals surface area contributed by atoms with Crippen molar-refractivity contribution in [1.82, 2.24) is 20.0 Å². The van der Waals surface area contributed by atoms with E-state index in [0.29, 0.717) is 17.1 Å². The van der Waals surface area contributed by atoms with E-state index in [9.17, 15) is 4.79 Å². The van der Waals surface area contributed by atoms with Crippen LogP contribution in [0, 0.1) is 0 Å². The molecule has 1 N–H and O–H groups in total. The normalized spacial score (nSPS) is 21.9. The van der Waals surface area contributed by atoms with Crippen molar-refractivity contribution >= 4 is 29.9 Å². The number of nitrogens with zero attached hydrogens (tertiary/aromatic N) is 3. The molecule has 0 spiro atoms. The minimum absolute atomic E-state index is 0. The summed E-state index contributed by atoms with van der Waals surface area (Å²) in [5, 5.41) is 8.71. The van der Waals surface area contributed by atoms with Gasteiger partial charge in [0.1, 0.15) is 0 Å². The van der Waals surface area contributed by atoms with Crippen LogP contribution in [0.25, 0.3) is 5.69 Å². The third-order valence-electron chi connectivity index (χ3n) is 5.54. The Hall–Kier alpha value is -1.56. The molecule has 2 unspecified atom stereocenters. The van der Waals surface area contributed by atoms with Crippen LogP contribution in [0.1, 0.15) is 55.1 Å². The van der Waals surface area contributed by atoms with Crippen LogP contribution in [0.2, 0.25) is 5.02 Å². The number of halogens is 2. The molecule has 2 aromatic rings. The van der Waals surface area contributed by atoms with Crippen molar-refractivity contribution in [3.05, 3.63) is 46.7 Å². The molecule has 2 saturated heterocycles. The smallest absolute Gasteiger partial charge is 0.257 e. The highest BCUT2D eigenvalue weighted by Crippen LogP contribution is 2.32. The second-order valence-electron chi connectivity index (χ2n) is 7.58. The summed E-state index contributed by atoms with van der Waals surface area (Å²) in [5.41, 5.74) is 2.63. The highest BCUT2D eigenvalue weighted by Gasteiger charge is 2.39. The Bertz CT molecular complexity index is 789. The summed E-state index contributed by atoms with van der Waals surface area (Å²) in [6.07, 6.45) is 4.97. The van der Waals surface area contributed by atoms with Gasteiger partial charge in [-0.25, -0.2) is 4.68 Å². The van der Waals surface area contributed by atoms with Gasteiger partial charge in [0.2, 0.25) is 0 Å². The summed E-state index contributed by atoms with van der Waals surface area (Å²) in [7, 11) is 0. The maximum Gasteiger partial charge on any atom is 0.257 e. The maximum absolute atomic E-state index is 13.5. The number of fused-ring (bicyclic) bond motifs is 2. The molecule has 0 aliphatic carbocycles. The first-order chi connectivity index (χ1) is 12.6. The molecule has 2 atom stereocenters. The second kappa shape index (κ2) is 8.21. The highest BCUT2D eigenvalue weighted by molar-refractivity contribution is 6.30. The molecule has 2 fully saturated rings. The number of benzene rings is 1. The Morgan fingerprint density at radius 2 is 1.89 bits per heavy atom. The molecular formula is C20H26Cl2N4O. The topological polar surface area (TPSA) is 50.2 Å². The van der Waals surface area contributed by atoms with E-state index in [1.807, 2.05) is 28.9 Å². The van der Waals surface area contributed by atoms with Gasteiger partial charge in [-0.15, -0.1) is 12.4 Å². The van der Waals surface area contributed by atoms with Gasteiger partial charge in [-0.2, -0.15) is 5.10 Å². The summed E-state index contributed by atoms with van der Waals surface area (Å²) < 4.78 is 1.88. The van der Waals surface area contributed by atoms with Crippen LogP contribution in [-0.4, -0.2) is 45.8 Å². The molecule has 1 amide bonds. The zero-order chi connectivity index (χ0) is 18.3. The minimum atomic E-state index is 0. The number of rotatable bonds is 3. The van der Waals surface area contributed by atoms with E-state index in [4.69, 9.17) is 11.6 Å². The van der Waals surface area contributed by atoms with Crippen LogP contribution in [-0.2, 0) is 0 Å². The fraction of sp³-hybridized carbons (Fsp3) is 0.500. The number of nitrogens with one attached hydrogen (secondary N) is 1. The van der Waals surface area contributed by atoms with Crippen molar-refractivity contribution in [2.24, 2.45) is 0 Å². The van der Waals surface area contributed by atoms with Crippen molar-refractivity contribution in [1.29, 1.82) is 0 Å². The molecule has 5 nitrogen and oxygen atoms in total. The average molecular weight is 409 g/mol. The fourth-order valence-corrected chi connectivity index (χ4v) is 4.45. The zero-order valence-electron chi connectivity index (χ0n) is 15.7. The lowest BCUT2D eigenvalue weighted by atomic mass is 10.0. The lowest BCUT2D eigenvalue weighted by molar-refractivity contribution is 0.0678. The van der Waals surface area contributed by atoms with E-state index in [2.05, 4.69) is 29.2 Å². The van der Waals surface area contributed by atoms with E-state index < -0.39 is 0 Å². The van der Waals surface area contributed by atoms with Crippen molar-refractivity contribution in [3.8, 4) is 5.69 Å².